The van der Waals surface area contributed by atoms with Crippen LogP contribution in [0.3, 0.4) is 0 Å². The van der Waals surface area contributed by atoms with Crippen LogP contribution in [-0.2, 0) is 5.88 Å². The fraction of sp³-hybridized carbons (Fsp3) is 0.562. The van der Waals surface area contributed by atoms with Crippen molar-refractivity contribution < 1.29 is 0 Å². The molecule has 0 saturated carbocycles. The Balaban J connectivity index is 2.43. The van der Waals surface area contributed by atoms with Crippen LogP contribution in [0.4, 0.5) is 0 Å². The maximum absolute atomic E-state index is 6.10. The first-order valence-corrected chi connectivity index (χ1v) is 7.87. The average molecular weight is 279 g/mol. The highest BCUT2D eigenvalue weighted by molar-refractivity contribution is 6.16. The Kier molecular flexibility index (Phi) is 5.26. The van der Waals surface area contributed by atoms with Crippen LogP contribution in [0.25, 0.3) is 11.0 Å². The molecule has 0 N–H and O–H groups in total. The second kappa shape index (κ2) is 6.95. The van der Waals surface area contributed by atoms with Crippen molar-refractivity contribution in [3.05, 3.63) is 30.1 Å². The van der Waals surface area contributed by atoms with Crippen molar-refractivity contribution in [2.75, 3.05) is 0 Å². The third-order valence-electron chi connectivity index (χ3n) is 3.67. The second-order valence-corrected chi connectivity index (χ2v) is 5.37. The van der Waals surface area contributed by atoms with Gasteiger partial charge in [-0.15, -0.1) is 11.6 Å². The molecule has 2 rings (SSSR count). The molecule has 0 aliphatic rings. The molecule has 1 heterocycles. The van der Waals surface area contributed by atoms with Gasteiger partial charge in [0.25, 0.3) is 0 Å². The van der Waals surface area contributed by atoms with E-state index in [9.17, 15) is 0 Å². The Morgan fingerprint density at radius 1 is 1.16 bits per heavy atom. The highest BCUT2D eigenvalue weighted by Crippen LogP contribution is 2.28. The van der Waals surface area contributed by atoms with E-state index < -0.39 is 0 Å². The van der Waals surface area contributed by atoms with Gasteiger partial charge in [-0.3, -0.25) is 0 Å². The number of unbranched alkanes of at least 4 members (excludes halogenated alkanes) is 1. The summed E-state index contributed by atoms with van der Waals surface area (Å²) >= 11 is 6.10. The molecular formula is C16H23ClN2. The number of fused-ring (bicyclic) bond motifs is 1. The van der Waals surface area contributed by atoms with Crippen molar-refractivity contribution in [3.8, 4) is 0 Å². The number of imidazole rings is 1. The fourth-order valence-corrected chi connectivity index (χ4v) is 2.96. The molecule has 104 valence electrons. The third kappa shape index (κ3) is 3.11. The van der Waals surface area contributed by atoms with Crippen LogP contribution in [0.1, 0.15) is 57.8 Å². The molecular weight excluding hydrogens is 256 g/mol. The maximum atomic E-state index is 6.10. The van der Waals surface area contributed by atoms with Crippen molar-refractivity contribution in [2.24, 2.45) is 0 Å². The van der Waals surface area contributed by atoms with Gasteiger partial charge in [0.15, 0.2) is 0 Å². The van der Waals surface area contributed by atoms with Crippen LogP contribution in [-0.4, -0.2) is 9.55 Å². The van der Waals surface area contributed by atoms with Gasteiger partial charge in [-0.25, -0.2) is 4.98 Å². The van der Waals surface area contributed by atoms with Gasteiger partial charge in [0.05, 0.1) is 16.9 Å². The smallest absolute Gasteiger partial charge is 0.125 e. The van der Waals surface area contributed by atoms with Gasteiger partial charge in [-0.1, -0.05) is 45.2 Å². The van der Waals surface area contributed by atoms with Crippen LogP contribution in [0.15, 0.2) is 24.3 Å². The summed E-state index contributed by atoms with van der Waals surface area (Å²) in [5, 5.41) is 0. The molecule has 0 fully saturated rings. The number of halogens is 1. The largest absolute Gasteiger partial charge is 0.324 e. The molecule has 0 amide bonds. The van der Waals surface area contributed by atoms with Gasteiger partial charge in [-0.2, -0.15) is 0 Å². The molecule has 0 aliphatic carbocycles. The molecule has 1 atom stereocenters. The molecule has 1 aromatic carbocycles. The minimum Gasteiger partial charge on any atom is -0.324 e. The number of hydrogen-bond acceptors (Lipinski definition) is 1. The van der Waals surface area contributed by atoms with E-state index in [0.717, 1.165) is 11.3 Å². The van der Waals surface area contributed by atoms with E-state index in [1.165, 1.54) is 37.6 Å². The van der Waals surface area contributed by atoms with Crippen LogP contribution in [0.2, 0.25) is 0 Å². The molecule has 0 bridgehead atoms. The molecule has 0 aliphatic heterocycles. The summed E-state index contributed by atoms with van der Waals surface area (Å²) in [4.78, 5) is 4.67. The van der Waals surface area contributed by atoms with Crippen molar-refractivity contribution >= 4 is 22.6 Å². The van der Waals surface area contributed by atoms with E-state index in [2.05, 4.69) is 41.6 Å². The normalized spacial score (nSPS) is 13.0. The standard InChI is InChI=1S/C16H23ClN2/c1-3-5-9-13(8-4-2)19-15-11-7-6-10-14(15)18-16(19)12-17/h6-7,10-11,13H,3-5,8-9,12H2,1-2H3. The summed E-state index contributed by atoms with van der Waals surface area (Å²) in [6.07, 6.45) is 6.11. The van der Waals surface area contributed by atoms with E-state index >= 15 is 0 Å². The highest BCUT2D eigenvalue weighted by Gasteiger charge is 2.17. The zero-order chi connectivity index (χ0) is 13.7. The lowest BCUT2D eigenvalue weighted by atomic mass is 10.0. The Morgan fingerprint density at radius 2 is 1.95 bits per heavy atom. The molecule has 0 spiro atoms. The van der Waals surface area contributed by atoms with Gasteiger partial charge in [0.1, 0.15) is 5.82 Å². The number of hydrogen-bond donors (Lipinski definition) is 0. The van der Waals surface area contributed by atoms with Crippen LogP contribution < -0.4 is 0 Å². The topological polar surface area (TPSA) is 17.8 Å². The molecule has 19 heavy (non-hydrogen) atoms. The zero-order valence-corrected chi connectivity index (χ0v) is 12.7. The summed E-state index contributed by atoms with van der Waals surface area (Å²) in [5.74, 6) is 1.50. The number of benzene rings is 1. The first-order valence-electron chi connectivity index (χ1n) is 7.33. The van der Waals surface area contributed by atoms with Gasteiger partial charge >= 0.3 is 0 Å². The van der Waals surface area contributed by atoms with Crippen LogP contribution >= 0.6 is 11.6 Å². The lowest BCUT2D eigenvalue weighted by Gasteiger charge is -2.21. The minimum absolute atomic E-state index is 0.487. The summed E-state index contributed by atoms with van der Waals surface area (Å²) in [7, 11) is 0. The molecule has 1 unspecified atom stereocenters. The molecule has 2 aromatic rings. The van der Waals surface area contributed by atoms with E-state index in [4.69, 9.17) is 11.6 Å². The lowest BCUT2D eigenvalue weighted by molar-refractivity contribution is 0.418. The lowest BCUT2D eigenvalue weighted by Crippen LogP contribution is -2.12. The van der Waals surface area contributed by atoms with Gasteiger partial charge < -0.3 is 4.57 Å². The Morgan fingerprint density at radius 3 is 2.63 bits per heavy atom. The minimum atomic E-state index is 0.487. The molecule has 1 aromatic heterocycles. The second-order valence-electron chi connectivity index (χ2n) is 5.11. The number of aromatic nitrogens is 2. The molecule has 0 saturated heterocycles. The first-order chi connectivity index (χ1) is 9.31. The number of para-hydroxylation sites is 2. The molecule has 2 nitrogen and oxygen atoms in total. The highest BCUT2D eigenvalue weighted by atomic mass is 35.5. The fourth-order valence-electron chi connectivity index (χ4n) is 2.77. The maximum Gasteiger partial charge on any atom is 0.125 e. The first kappa shape index (κ1) is 14.4. The predicted molar refractivity (Wildman–Crippen MR) is 82.8 cm³/mol. The van der Waals surface area contributed by atoms with Crippen molar-refractivity contribution in [3.63, 3.8) is 0 Å². The van der Waals surface area contributed by atoms with Gasteiger partial charge in [0, 0.05) is 6.04 Å². The van der Waals surface area contributed by atoms with Crippen LogP contribution in [0.5, 0.6) is 0 Å². The average Bonchev–Trinajstić information content (AvgIpc) is 2.82. The Labute approximate surface area is 120 Å². The van der Waals surface area contributed by atoms with Crippen molar-refractivity contribution in [2.45, 2.75) is 57.9 Å². The van der Waals surface area contributed by atoms with Crippen LogP contribution in [0, 0.1) is 0 Å². The van der Waals surface area contributed by atoms with Crippen molar-refractivity contribution in [1.29, 1.82) is 0 Å². The Bertz CT molecular complexity index is 518. The van der Waals surface area contributed by atoms with E-state index in [1.54, 1.807) is 0 Å². The number of alkyl halides is 1. The van der Waals surface area contributed by atoms with E-state index in [1.807, 2.05) is 6.07 Å². The SMILES string of the molecule is CCCCC(CCC)n1c(CCl)nc2ccccc21. The van der Waals surface area contributed by atoms with E-state index in [-0.39, 0.29) is 0 Å². The van der Waals surface area contributed by atoms with Crippen molar-refractivity contribution in [1.82, 2.24) is 9.55 Å². The predicted octanol–water partition coefficient (Wildman–Crippen LogP) is 5.31. The van der Waals surface area contributed by atoms with Gasteiger partial charge in [-0.05, 0) is 25.0 Å². The summed E-state index contributed by atoms with van der Waals surface area (Å²) in [6, 6.07) is 8.89. The number of nitrogens with zero attached hydrogens (tertiary/aromatic N) is 2. The van der Waals surface area contributed by atoms with Gasteiger partial charge in [0.2, 0.25) is 0 Å². The molecule has 0 radical (unpaired) electrons. The summed E-state index contributed by atoms with van der Waals surface area (Å²) in [6.45, 7) is 4.50. The quantitative estimate of drug-likeness (QED) is 0.628. The number of rotatable bonds is 7. The molecule has 3 heteroatoms. The summed E-state index contributed by atoms with van der Waals surface area (Å²) < 4.78 is 2.38. The van der Waals surface area contributed by atoms with E-state index in [0.29, 0.717) is 11.9 Å². The Hall–Kier alpha value is -1.02. The zero-order valence-electron chi connectivity index (χ0n) is 11.9. The summed E-state index contributed by atoms with van der Waals surface area (Å²) in [5.41, 5.74) is 2.29. The third-order valence-corrected chi connectivity index (χ3v) is 3.91. The monoisotopic (exact) mass is 278 g/mol.